The number of ether oxygens (including phenoxy) is 3. The van der Waals surface area contributed by atoms with Gasteiger partial charge in [0.25, 0.3) is 0 Å². The van der Waals surface area contributed by atoms with Crippen LogP contribution in [0.25, 0.3) is 0 Å². The fraction of sp³-hybridized carbons (Fsp3) is 0.429. The van der Waals surface area contributed by atoms with E-state index in [2.05, 4.69) is 26.0 Å². The minimum Gasteiger partial charge on any atom is -0.493 e. The summed E-state index contributed by atoms with van der Waals surface area (Å²) in [4.78, 5) is 23.1. The van der Waals surface area contributed by atoms with E-state index in [1.165, 1.54) is 21.3 Å². The van der Waals surface area contributed by atoms with E-state index in [1.807, 2.05) is 0 Å². The van der Waals surface area contributed by atoms with Crippen molar-refractivity contribution < 1.29 is 23.8 Å². The van der Waals surface area contributed by atoms with E-state index in [0.29, 0.717) is 11.5 Å². The average Bonchev–Trinajstić information content (AvgIpc) is 2.52. The number of rotatable bonds is 7. The zero-order chi connectivity index (χ0) is 15.8. The van der Waals surface area contributed by atoms with Crippen molar-refractivity contribution >= 4 is 27.8 Å². The van der Waals surface area contributed by atoms with Crippen LogP contribution in [-0.4, -0.2) is 38.5 Å². The molecule has 0 bridgehead atoms. The monoisotopic (exact) mass is 359 g/mol. The van der Waals surface area contributed by atoms with Crippen molar-refractivity contribution in [2.24, 2.45) is 0 Å². The van der Waals surface area contributed by atoms with Gasteiger partial charge < -0.3 is 19.5 Å². The Balaban J connectivity index is 3.06. The Bertz CT molecular complexity index is 488. The first kappa shape index (κ1) is 17.3. The summed E-state index contributed by atoms with van der Waals surface area (Å²) in [5, 5.41) is 2.90. The van der Waals surface area contributed by atoms with Crippen LogP contribution in [0.5, 0.6) is 11.5 Å². The molecule has 1 N–H and O–H groups in total. The highest BCUT2D eigenvalue weighted by atomic mass is 79.9. The van der Waals surface area contributed by atoms with Gasteiger partial charge in [0.1, 0.15) is 0 Å². The Kier molecular flexibility index (Phi) is 7.01. The van der Waals surface area contributed by atoms with Gasteiger partial charge in [-0.25, -0.2) is 0 Å². The van der Waals surface area contributed by atoms with Gasteiger partial charge in [-0.05, 0) is 17.7 Å². The minimum atomic E-state index is -0.498. The van der Waals surface area contributed by atoms with Gasteiger partial charge in [0.15, 0.2) is 11.5 Å². The number of halogens is 1. The van der Waals surface area contributed by atoms with Crippen LogP contribution < -0.4 is 14.8 Å². The number of carbonyl (C=O) groups is 2. The van der Waals surface area contributed by atoms with Gasteiger partial charge in [0, 0.05) is 0 Å². The van der Waals surface area contributed by atoms with E-state index in [-0.39, 0.29) is 17.7 Å². The third kappa shape index (κ3) is 4.93. The Hall–Kier alpha value is -1.76. The third-order valence-electron chi connectivity index (χ3n) is 2.87. The molecule has 0 spiro atoms. The van der Waals surface area contributed by atoms with Crippen molar-refractivity contribution in [3.63, 3.8) is 0 Å². The van der Waals surface area contributed by atoms with E-state index < -0.39 is 12.0 Å². The van der Waals surface area contributed by atoms with Crippen LogP contribution >= 0.6 is 15.9 Å². The lowest BCUT2D eigenvalue weighted by atomic mass is 10.0. The quantitative estimate of drug-likeness (QED) is 0.593. The second-order valence-electron chi connectivity index (χ2n) is 4.15. The number of alkyl halides is 1. The van der Waals surface area contributed by atoms with Gasteiger partial charge in [0.2, 0.25) is 5.91 Å². The normalized spacial score (nSPS) is 11.4. The summed E-state index contributed by atoms with van der Waals surface area (Å²) in [5.74, 6) is 0.464. The van der Waals surface area contributed by atoms with E-state index in [9.17, 15) is 9.59 Å². The van der Waals surface area contributed by atoms with Crippen molar-refractivity contribution in [2.75, 3.05) is 26.7 Å². The second-order valence-corrected chi connectivity index (χ2v) is 4.71. The van der Waals surface area contributed by atoms with Crippen LogP contribution in [0.15, 0.2) is 18.2 Å². The average molecular weight is 360 g/mol. The maximum atomic E-state index is 11.6. The van der Waals surface area contributed by atoms with Crippen LogP contribution in [0.3, 0.4) is 0 Å². The van der Waals surface area contributed by atoms with Crippen molar-refractivity contribution in [3.8, 4) is 11.5 Å². The van der Waals surface area contributed by atoms with Crippen LogP contribution in [0.4, 0.5) is 0 Å². The molecule has 1 rings (SSSR count). The highest BCUT2D eigenvalue weighted by molar-refractivity contribution is 9.09. The van der Waals surface area contributed by atoms with Crippen LogP contribution in [0, 0.1) is 0 Å². The number of nitrogens with one attached hydrogen (secondary N) is 1. The molecule has 0 aliphatic heterocycles. The number of methoxy groups -OCH3 is 3. The molecule has 0 fully saturated rings. The molecule has 21 heavy (non-hydrogen) atoms. The summed E-state index contributed by atoms with van der Waals surface area (Å²) >= 11 is 3.08. The first-order valence-electron chi connectivity index (χ1n) is 6.19. The summed E-state index contributed by atoms with van der Waals surface area (Å²) in [6.07, 6.45) is 0.0325. The largest absolute Gasteiger partial charge is 0.493 e. The Morgan fingerprint density at radius 2 is 1.86 bits per heavy atom. The number of hydrogen-bond acceptors (Lipinski definition) is 5. The van der Waals surface area contributed by atoms with Crippen molar-refractivity contribution in [1.29, 1.82) is 0 Å². The number of benzene rings is 1. The molecule has 0 saturated carbocycles. The summed E-state index contributed by atoms with van der Waals surface area (Å²) < 4.78 is 15.1. The molecule has 1 aromatic rings. The molecule has 0 aromatic heterocycles. The first-order valence-corrected chi connectivity index (χ1v) is 7.31. The van der Waals surface area contributed by atoms with Crippen LogP contribution in [-0.2, 0) is 14.3 Å². The van der Waals surface area contributed by atoms with E-state index in [0.717, 1.165) is 5.56 Å². The summed E-state index contributed by atoms with van der Waals surface area (Å²) in [6.45, 7) is 0. The fourth-order valence-electron chi connectivity index (χ4n) is 1.80. The lowest BCUT2D eigenvalue weighted by Crippen LogP contribution is -2.31. The van der Waals surface area contributed by atoms with Crippen molar-refractivity contribution in [2.45, 2.75) is 12.5 Å². The Labute approximate surface area is 131 Å². The minimum absolute atomic E-state index is 0.0325. The number of amides is 1. The molecule has 1 aromatic carbocycles. The van der Waals surface area contributed by atoms with Crippen molar-refractivity contribution in [3.05, 3.63) is 23.8 Å². The summed E-state index contributed by atoms with van der Waals surface area (Å²) in [6, 6.07) is 4.71. The SMILES string of the molecule is COC(=O)CC(NC(=O)CBr)c1ccc(OC)c(OC)c1. The predicted octanol–water partition coefficient (Wildman–Crippen LogP) is 1.82. The van der Waals surface area contributed by atoms with E-state index in [1.54, 1.807) is 18.2 Å². The van der Waals surface area contributed by atoms with Gasteiger partial charge in [-0.15, -0.1) is 0 Å². The second kappa shape index (κ2) is 8.51. The molecular formula is C14H18BrNO5. The van der Waals surface area contributed by atoms with Gasteiger partial charge in [-0.2, -0.15) is 0 Å². The fourth-order valence-corrected chi connectivity index (χ4v) is 1.97. The molecule has 1 atom stereocenters. The van der Waals surface area contributed by atoms with Gasteiger partial charge in [0.05, 0.1) is 39.1 Å². The number of carbonyl (C=O) groups excluding carboxylic acids is 2. The Morgan fingerprint density at radius 1 is 1.19 bits per heavy atom. The molecule has 6 nitrogen and oxygen atoms in total. The smallest absolute Gasteiger partial charge is 0.307 e. The number of esters is 1. The molecule has 1 unspecified atom stereocenters. The summed E-state index contributed by atoms with van der Waals surface area (Å²) in [5.41, 5.74) is 0.729. The molecule has 0 saturated heterocycles. The Morgan fingerprint density at radius 3 is 2.38 bits per heavy atom. The molecule has 0 aliphatic carbocycles. The highest BCUT2D eigenvalue weighted by Crippen LogP contribution is 2.31. The standard InChI is InChI=1S/C14H18BrNO5/c1-19-11-5-4-9(6-12(11)20-2)10(7-14(18)21-3)16-13(17)8-15/h4-6,10H,7-8H2,1-3H3,(H,16,17). The zero-order valence-electron chi connectivity index (χ0n) is 12.1. The molecule has 116 valence electrons. The van der Waals surface area contributed by atoms with E-state index >= 15 is 0 Å². The van der Waals surface area contributed by atoms with Crippen LogP contribution in [0.1, 0.15) is 18.0 Å². The maximum Gasteiger partial charge on any atom is 0.307 e. The lowest BCUT2D eigenvalue weighted by molar-refractivity contribution is -0.141. The third-order valence-corrected chi connectivity index (χ3v) is 3.37. The number of hydrogen-bond donors (Lipinski definition) is 1. The van der Waals surface area contributed by atoms with Gasteiger partial charge in [-0.1, -0.05) is 22.0 Å². The lowest BCUT2D eigenvalue weighted by Gasteiger charge is -2.19. The van der Waals surface area contributed by atoms with Crippen LogP contribution in [0.2, 0.25) is 0 Å². The van der Waals surface area contributed by atoms with E-state index in [4.69, 9.17) is 9.47 Å². The molecule has 0 aliphatic rings. The predicted molar refractivity (Wildman–Crippen MR) is 80.9 cm³/mol. The summed E-state index contributed by atoms with van der Waals surface area (Å²) in [7, 11) is 4.37. The van der Waals surface area contributed by atoms with Gasteiger partial charge >= 0.3 is 5.97 Å². The maximum absolute atomic E-state index is 11.6. The molecule has 0 heterocycles. The molecular weight excluding hydrogens is 342 g/mol. The molecule has 7 heteroatoms. The van der Waals surface area contributed by atoms with Gasteiger partial charge in [-0.3, -0.25) is 9.59 Å². The zero-order valence-corrected chi connectivity index (χ0v) is 13.7. The molecule has 1 amide bonds. The highest BCUT2D eigenvalue weighted by Gasteiger charge is 2.20. The van der Waals surface area contributed by atoms with Crippen molar-refractivity contribution in [1.82, 2.24) is 5.32 Å². The first-order chi connectivity index (χ1) is 10.0. The molecule has 0 radical (unpaired) electrons. The topological polar surface area (TPSA) is 73.9 Å².